The second-order valence-corrected chi connectivity index (χ2v) is 5.45. The predicted molar refractivity (Wildman–Crippen MR) is 82.9 cm³/mol. The number of Topliss-reactive ketones (excluding diaryl/α,β-unsaturated/α-hetero) is 1. The van der Waals surface area contributed by atoms with Gasteiger partial charge in [-0.2, -0.15) is 0 Å². The van der Waals surface area contributed by atoms with E-state index >= 15 is 0 Å². The lowest BCUT2D eigenvalue weighted by atomic mass is 9.93. The molecule has 1 heterocycles. The van der Waals surface area contributed by atoms with Crippen LogP contribution in [0.25, 0.3) is 0 Å². The van der Waals surface area contributed by atoms with Gasteiger partial charge in [-0.15, -0.1) is 0 Å². The van der Waals surface area contributed by atoms with Crippen molar-refractivity contribution in [3.05, 3.63) is 58.0 Å². The predicted octanol–water partition coefficient (Wildman–Crippen LogP) is 3.96. The lowest BCUT2D eigenvalue weighted by Gasteiger charge is -2.26. The van der Waals surface area contributed by atoms with Gasteiger partial charge in [0.15, 0.2) is 5.78 Å². The molecule has 0 aliphatic carbocycles. The van der Waals surface area contributed by atoms with E-state index in [0.717, 1.165) is 5.57 Å². The fraction of sp³-hybridized carbons (Fsp3) is 0.250. The van der Waals surface area contributed by atoms with Gasteiger partial charge in [0.05, 0.1) is 0 Å². The Bertz CT molecular complexity index is 692. The third-order valence-electron chi connectivity index (χ3n) is 3.28. The Labute approximate surface area is 128 Å². The molecular weight excluding hydrogens is 291 g/mol. The topological polar surface area (TPSA) is 41.5 Å². The van der Waals surface area contributed by atoms with Crippen LogP contribution in [0.15, 0.2) is 46.6 Å². The number of aliphatic imine (C=N–C) groups is 1. The Hall–Kier alpha value is -1.94. The minimum Gasteiger partial charge on any atom is -0.344 e. The van der Waals surface area contributed by atoms with Crippen LogP contribution in [0.5, 0.6) is 0 Å². The molecule has 1 aromatic rings. The van der Waals surface area contributed by atoms with Gasteiger partial charge in [-0.25, -0.2) is 4.39 Å². The number of ketones is 1. The summed E-state index contributed by atoms with van der Waals surface area (Å²) in [6.45, 7) is 8.96. The molecule has 0 saturated carbocycles. The van der Waals surface area contributed by atoms with Gasteiger partial charge in [0.1, 0.15) is 17.7 Å². The summed E-state index contributed by atoms with van der Waals surface area (Å²) in [5.41, 5.74) is 2.58. The number of hydrogen-bond acceptors (Lipinski definition) is 3. The number of allylic oxidation sites excluding steroid dienone is 1. The Morgan fingerprint density at radius 3 is 2.62 bits per heavy atom. The second-order valence-electron chi connectivity index (χ2n) is 5.05. The number of halogens is 2. The van der Waals surface area contributed by atoms with E-state index in [0.29, 0.717) is 22.7 Å². The highest BCUT2D eigenvalue weighted by Gasteiger charge is 2.28. The van der Waals surface area contributed by atoms with Crippen LogP contribution in [-0.2, 0) is 4.79 Å². The monoisotopic (exact) mass is 306 g/mol. The fourth-order valence-electron chi connectivity index (χ4n) is 2.30. The molecule has 1 N–H and O–H groups in total. The van der Waals surface area contributed by atoms with Crippen molar-refractivity contribution in [3.8, 4) is 0 Å². The molecule has 1 aliphatic heterocycles. The van der Waals surface area contributed by atoms with E-state index in [-0.39, 0.29) is 10.8 Å². The summed E-state index contributed by atoms with van der Waals surface area (Å²) in [6, 6.07) is 3.54. The maximum Gasteiger partial charge on any atom is 0.160 e. The van der Waals surface area contributed by atoms with E-state index in [1.807, 2.05) is 6.92 Å². The fourth-order valence-corrected chi connectivity index (χ4v) is 2.57. The van der Waals surface area contributed by atoms with Crippen LogP contribution < -0.4 is 5.32 Å². The van der Waals surface area contributed by atoms with Gasteiger partial charge < -0.3 is 5.32 Å². The number of nitrogens with zero attached hydrogens (tertiary/aromatic N) is 1. The van der Waals surface area contributed by atoms with Crippen LogP contribution in [0, 0.1) is 5.82 Å². The highest BCUT2D eigenvalue weighted by atomic mass is 35.5. The van der Waals surface area contributed by atoms with Crippen LogP contribution in [0.1, 0.15) is 32.4 Å². The summed E-state index contributed by atoms with van der Waals surface area (Å²) >= 11 is 6.12. The van der Waals surface area contributed by atoms with Crippen molar-refractivity contribution in [2.45, 2.75) is 26.8 Å². The molecule has 0 spiro atoms. The van der Waals surface area contributed by atoms with E-state index in [1.165, 1.54) is 19.1 Å². The van der Waals surface area contributed by atoms with Gasteiger partial charge in [-0.3, -0.25) is 9.79 Å². The van der Waals surface area contributed by atoms with E-state index in [2.05, 4.69) is 16.9 Å². The van der Waals surface area contributed by atoms with Gasteiger partial charge in [-0.05, 0) is 38.5 Å². The summed E-state index contributed by atoms with van der Waals surface area (Å²) < 4.78 is 13.2. The third kappa shape index (κ3) is 3.05. The van der Waals surface area contributed by atoms with E-state index in [1.54, 1.807) is 13.0 Å². The molecule has 0 radical (unpaired) electrons. The molecule has 110 valence electrons. The third-order valence-corrected chi connectivity index (χ3v) is 3.61. The lowest BCUT2D eigenvalue weighted by Crippen LogP contribution is -2.31. The zero-order chi connectivity index (χ0) is 15.7. The zero-order valence-electron chi connectivity index (χ0n) is 12.1. The van der Waals surface area contributed by atoms with Gasteiger partial charge in [0.2, 0.25) is 0 Å². The first-order chi connectivity index (χ1) is 9.81. The minimum absolute atomic E-state index is 0.102. The van der Waals surface area contributed by atoms with Crippen LogP contribution in [0.4, 0.5) is 4.39 Å². The highest BCUT2D eigenvalue weighted by Crippen LogP contribution is 2.35. The maximum atomic E-state index is 13.2. The first-order valence-electron chi connectivity index (χ1n) is 6.48. The lowest BCUT2D eigenvalue weighted by molar-refractivity contribution is -0.113. The molecule has 1 atom stereocenters. The Balaban J connectivity index is 2.61. The quantitative estimate of drug-likeness (QED) is 0.918. The van der Waals surface area contributed by atoms with Crippen molar-refractivity contribution in [1.82, 2.24) is 5.32 Å². The number of carbonyl (C=O) groups excluding carboxylic acids is 1. The summed E-state index contributed by atoms with van der Waals surface area (Å²) in [7, 11) is 0. The van der Waals surface area contributed by atoms with Crippen molar-refractivity contribution in [2.75, 3.05) is 0 Å². The molecule has 21 heavy (non-hydrogen) atoms. The number of hydrogen-bond donors (Lipinski definition) is 1. The van der Waals surface area contributed by atoms with Crippen LogP contribution >= 0.6 is 11.6 Å². The molecule has 0 saturated heterocycles. The highest BCUT2D eigenvalue weighted by molar-refractivity contribution is 6.31. The smallest absolute Gasteiger partial charge is 0.160 e. The summed E-state index contributed by atoms with van der Waals surface area (Å²) in [5.74, 6) is 0.0738. The van der Waals surface area contributed by atoms with Gasteiger partial charge in [0, 0.05) is 21.9 Å². The SMILES string of the molecule is C=C(C)C1=NC(c2ccc(F)cc2Cl)C(C(C)=O)=C(C)N1. The molecule has 0 bridgehead atoms. The molecule has 1 aromatic carbocycles. The van der Waals surface area contributed by atoms with E-state index in [9.17, 15) is 9.18 Å². The molecule has 5 heteroatoms. The normalized spacial score (nSPS) is 18.1. The number of carbonyl (C=O) groups is 1. The molecule has 0 aromatic heterocycles. The first-order valence-corrected chi connectivity index (χ1v) is 6.86. The van der Waals surface area contributed by atoms with Crippen LogP contribution in [0.2, 0.25) is 5.02 Å². The second kappa shape index (κ2) is 5.82. The Morgan fingerprint density at radius 1 is 1.43 bits per heavy atom. The van der Waals surface area contributed by atoms with Crippen molar-refractivity contribution >= 4 is 23.2 Å². The summed E-state index contributed by atoms with van der Waals surface area (Å²) in [6.07, 6.45) is 0. The molecule has 1 aliphatic rings. The first kappa shape index (κ1) is 15.4. The average Bonchev–Trinajstić information content (AvgIpc) is 2.37. The average molecular weight is 307 g/mol. The molecule has 2 rings (SSSR count). The maximum absolute atomic E-state index is 13.2. The number of nitrogens with one attached hydrogen (secondary N) is 1. The Morgan fingerprint density at radius 2 is 2.10 bits per heavy atom. The number of amidine groups is 1. The van der Waals surface area contributed by atoms with Crippen molar-refractivity contribution in [3.63, 3.8) is 0 Å². The molecular formula is C16H16ClFN2O. The minimum atomic E-state index is -0.552. The van der Waals surface area contributed by atoms with Crippen molar-refractivity contribution in [1.29, 1.82) is 0 Å². The molecule has 0 amide bonds. The van der Waals surface area contributed by atoms with E-state index < -0.39 is 11.9 Å². The number of rotatable bonds is 3. The van der Waals surface area contributed by atoms with Gasteiger partial charge in [0.25, 0.3) is 0 Å². The van der Waals surface area contributed by atoms with Crippen LogP contribution in [-0.4, -0.2) is 11.6 Å². The Kier molecular flexibility index (Phi) is 4.28. The zero-order valence-corrected chi connectivity index (χ0v) is 12.9. The molecule has 0 fully saturated rings. The van der Waals surface area contributed by atoms with Gasteiger partial charge >= 0.3 is 0 Å². The summed E-state index contributed by atoms with van der Waals surface area (Å²) in [5, 5.41) is 3.32. The summed E-state index contributed by atoms with van der Waals surface area (Å²) in [4.78, 5) is 16.5. The molecule has 3 nitrogen and oxygen atoms in total. The van der Waals surface area contributed by atoms with Gasteiger partial charge in [-0.1, -0.05) is 24.2 Å². The van der Waals surface area contributed by atoms with Crippen molar-refractivity contribution < 1.29 is 9.18 Å². The standard InChI is InChI=1S/C16H16ClFN2O/c1-8(2)16-19-9(3)14(10(4)21)15(20-16)12-6-5-11(18)7-13(12)17/h5-7,15H,1H2,2-4H3,(H,19,20). The number of benzene rings is 1. The van der Waals surface area contributed by atoms with Crippen molar-refractivity contribution in [2.24, 2.45) is 4.99 Å². The molecule has 1 unspecified atom stereocenters. The largest absolute Gasteiger partial charge is 0.344 e. The van der Waals surface area contributed by atoms with E-state index in [4.69, 9.17) is 11.6 Å². The van der Waals surface area contributed by atoms with Crippen LogP contribution in [0.3, 0.4) is 0 Å².